The Morgan fingerprint density at radius 2 is 1.80 bits per heavy atom. The second kappa shape index (κ2) is 9.27. The summed E-state index contributed by atoms with van der Waals surface area (Å²) in [5, 5.41) is 2.73. The molecule has 0 unspecified atom stereocenters. The number of nitrogens with one attached hydrogen (secondary N) is 1. The molecule has 0 radical (unpaired) electrons. The minimum absolute atomic E-state index is 0.0400. The lowest BCUT2D eigenvalue weighted by Crippen LogP contribution is -2.30. The fraction of sp³-hybridized carbons (Fsp3) is 0.278. The predicted molar refractivity (Wildman–Crippen MR) is 95.9 cm³/mol. The maximum atomic E-state index is 13.6. The van der Waals surface area contributed by atoms with Crippen molar-refractivity contribution in [2.45, 2.75) is 6.42 Å². The number of hydrogen-bond acceptors (Lipinski definition) is 4. The highest BCUT2D eigenvalue weighted by Crippen LogP contribution is 2.27. The van der Waals surface area contributed by atoms with Crippen LogP contribution in [0.15, 0.2) is 40.9 Å². The van der Waals surface area contributed by atoms with Gasteiger partial charge in [0.15, 0.2) is 29.7 Å². The van der Waals surface area contributed by atoms with Crippen LogP contribution in [-0.4, -0.2) is 33.3 Å². The van der Waals surface area contributed by atoms with Crippen molar-refractivity contribution in [3.63, 3.8) is 0 Å². The van der Waals surface area contributed by atoms with Crippen LogP contribution in [0.4, 0.5) is 4.39 Å². The third kappa shape index (κ3) is 5.63. The van der Waals surface area contributed by atoms with Gasteiger partial charge in [0.25, 0.3) is 5.91 Å². The molecule has 0 heterocycles. The van der Waals surface area contributed by atoms with Gasteiger partial charge in [0.2, 0.25) is 0 Å². The number of halogens is 2. The minimum Gasteiger partial charge on any atom is -0.493 e. The molecule has 0 aromatic heterocycles. The maximum Gasteiger partial charge on any atom is 0.257 e. The molecule has 5 nitrogen and oxygen atoms in total. The largest absolute Gasteiger partial charge is 0.493 e. The molecule has 0 bridgehead atoms. The van der Waals surface area contributed by atoms with E-state index >= 15 is 0 Å². The Labute approximate surface area is 154 Å². The Morgan fingerprint density at radius 1 is 1.08 bits per heavy atom. The summed E-state index contributed by atoms with van der Waals surface area (Å²) >= 11 is 3.16. The van der Waals surface area contributed by atoms with Gasteiger partial charge in [-0.25, -0.2) is 4.39 Å². The molecular formula is C18H19BrFNO4. The zero-order valence-electron chi connectivity index (χ0n) is 14.0. The van der Waals surface area contributed by atoms with E-state index in [2.05, 4.69) is 21.2 Å². The molecule has 1 N–H and O–H groups in total. The predicted octanol–water partition coefficient (Wildman–Crippen LogP) is 3.34. The van der Waals surface area contributed by atoms with Crippen LogP contribution in [0.3, 0.4) is 0 Å². The molecule has 0 saturated carbocycles. The number of rotatable bonds is 8. The van der Waals surface area contributed by atoms with E-state index in [1.165, 1.54) is 12.1 Å². The van der Waals surface area contributed by atoms with Crippen LogP contribution in [0.25, 0.3) is 0 Å². The summed E-state index contributed by atoms with van der Waals surface area (Å²) in [6.45, 7) is 0.185. The lowest BCUT2D eigenvalue weighted by Gasteiger charge is -2.10. The van der Waals surface area contributed by atoms with Crippen molar-refractivity contribution >= 4 is 21.8 Å². The number of methoxy groups -OCH3 is 2. The quantitative estimate of drug-likeness (QED) is 0.723. The Hall–Kier alpha value is -2.28. The van der Waals surface area contributed by atoms with Crippen LogP contribution in [0.5, 0.6) is 17.2 Å². The molecule has 0 aliphatic rings. The standard InChI is InChI=1S/C18H19BrFNO4/c1-23-16-5-3-12(9-17(16)24-2)7-8-21-18(22)11-25-15-6-4-13(19)10-14(15)20/h3-6,9-10H,7-8,11H2,1-2H3,(H,21,22). The van der Waals surface area contributed by atoms with E-state index in [1.54, 1.807) is 20.3 Å². The summed E-state index contributed by atoms with van der Waals surface area (Å²) < 4.78 is 29.8. The molecule has 0 spiro atoms. The van der Waals surface area contributed by atoms with Crippen molar-refractivity contribution in [1.29, 1.82) is 0 Å². The molecule has 25 heavy (non-hydrogen) atoms. The second-order valence-corrected chi connectivity index (χ2v) is 6.07. The Morgan fingerprint density at radius 3 is 2.48 bits per heavy atom. The molecular weight excluding hydrogens is 393 g/mol. The van der Waals surface area contributed by atoms with Gasteiger partial charge >= 0.3 is 0 Å². The van der Waals surface area contributed by atoms with Crippen molar-refractivity contribution in [1.82, 2.24) is 5.32 Å². The Kier molecular flexibility index (Phi) is 7.06. The first-order valence-electron chi connectivity index (χ1n) is 7.59. The van der Waals surface area contributed by atoms with Gasteiger partial charge in [-0.05, 0) is 42.3 Å². The van der Waals surface area contributed by atoms with Crippen molar-refractivity contribution in [3.05, 3.63) is 52.3 Å². The molecule has 0 fully saturated rings. The normalized spacial score (nSPS) is 10.2. The van der Waals surface area contributed by atoms with Crippen molar-refractivity contribution in [3.8, 4) is 17.2 Å². The lowest BCUT2D eigenvalue weighted by molar-refractivity contribution is -0.123. The van der Waals surface area contributed by atoms with E-state index in [4.69, 9.17) is 14.2 Å². The van der Waals surface area contributed by atoms with E-state index in [9.17, 15) is 9.18 Å². The molecule has 2 aromatic carbocycles. The molecule has 134 valence electrons. The molecule has 0 saturated heterocycles. The average molecular weight is 412 g/mol. The smallest absolute Gasteiger partial charge is 0.257 e. The van der Waals surface area contributed by atoms with Gasteiger partial charge in [0, 0.05) is 11.0 Å². The summed E-state index contributed by atoms with van der Waals surface area (Å²) in [5.74, 6) is 0.495. The summed E-state index contributed by atoms with van der Waals surface area (Å²) in [6, 6.07) is 9.98. The van der Waals surface area contributed by atoms with Crippen LogP contribution in [0, 0.1) is 5.82 Å². The first-order chi connectivity index (χ1) is 12.0. The number of benzene rings is 2. The fourth-order valence-electron chi connectivity index (χ4n) is 2.17. The van der Waals surface area contributed by atoms with Crippen LogP contribution < -0.4 is 19.5 Å². The Bertz CT molecular complexity index is 739. The average Bonchev–Trinajstić information content (AvgIpc) is 2.60. The minimum atomic E-state index is -0.521. The van der Waals surface area contributed by atoms with Crippen molar-refractivity contribution < 1.29 is 23.4 Å². The molecule has 0 aliphatic heterocycles. The molecule has 7 heteroatoms. The van der Waals surface area contributed by atoms with Crippen LogP contribution in [0.2, 0.25) is 0 Å². The topological polar surface area (TPSA) is 56.8 Å². The lowest BCUT2D eigenvalue weighted by atomic mass is 10.1. The number of amides is 1. The molecule has 2 aromatic rings. The van der Waals surface area contributed by atoms with Gasteiger partial charge < -0.3 is 19.5 Å². The van der Waals surface area contributed by atoms with E-state index in [0.29, 0.717) is 28.9 Å². The summed E-state index contributed by atoms with van der Waals surface area (Å²) in [5.41, 5.74) is 0.998. The van der Waals surface area contributed by atoms with E-state index in [1.807, 2.05) is 18.2 Å². The second-order valence-electron chi connectivity index (χ2n) is 5.15. The van der Waals surface area contributed by atoms with Gasteiger partial charge in [0.1, 0.15) is 0 Å². The highest BCUT2D eigenvalue weighted by Gasteiger charge is 2.08. The fourth-order valence-corrected chi connectivity index (χ4v) is 2.50. The molecule has 0 atom stereocenters. The van der Waals surface area contributed by atoms with E-state index < -0.39 is 5.82 Å². The van der Waals surface area contributed by atoms with Crippen molar-refractivity contribution in [2.24, 2.45) is 0 Å². The number of carbonyl (C=O) groups is 1. The first kappa shape index (κ1) is 19.1. The Balaban J connectivity index is 1.78. The maximum absolute atomic E-state index is 13.6. The summed E-state index contributed by atoms with van der Waals surface area (Å²) in [4.78, 5) is 11.8. The van der Waals surface area contributed by atoms with Crippen LogP contribution >= 0.6 is 15.9 Å². The number of ether oxygens (including phenoxy) is 3. The van der Waals surface area contributed by atoms with Gasteiger partial charge in [-0.1, -0.05) is 22.0 Å². The number of carbonyl (C=O) groups excluding carboxylic acids is 1. The molecule has 1 amide bonds. The summed E-state index contributed by atoms with van der Waals surface area (Å²) in [6.07, 6.45) is 0.624. The van der Waals surface area contributed by atoms with Crippen LogP contribution in [0.1, 0.15) is 5.56 Å². The monoisotopic (exact) mass is 411 g/mol. The third-order valence-corrected chi connectivity index (χ3v) is 3.93. The van der Waals surface area contributed by atoms with Crippen molar-refractivity contribution in [2.75, 3.05) is 27.4 Å². The van der Waals surface area contributed by atoms with E-state index in [-0.39, 0.29) is 18.3 Å². The van der Waals surface area contributed by atoms with Gasteiger partial charge in [-0.15, -0.1) is 0 Å². The van der Waals surface area contributed by atoms with Gasteiger partial charge in [-0.3, -0.25) is 4.79 Å². The van der Waals surface area contributed by atoms with E-state index in [0.717, 1.165) is 5.56 Å². The highest BCUT2D eigenvalue weighted by atomic mass is 79.9. The zero-order chi connectivity index (χ0) is 18.2. The third-order valence-electron chi connectivity index (χ3n) is 3.44. The SMILES string of the molecule is COc1ccc(CCNC(=O)COc2ccc(Br)cc2F)cc1OC. The summed E-state index contributed by atoms with van der Waals surface area (Å²) in [7, 11) is 3.15. The highest BCUT2D eigenvalue weighted by molar-refractivity contribution is 9.10. The zero-order valence-corrected chi connectivity index (χ0v) is 15.6. The van der Waals surface area contributed by atoms with Crippen LogP contribution in [-0.2, 0) is 11.2 Å². The van der Waals surface area contributed by atoms with Gasteiger partial charge in [-0.2, -0.15) is 0 Å². The van der Waals surface area contributed by atoms with Gasteiger partial charge in [0.05, 0.1) is 14.2 Å². The number of hydrogen-bond donors (Lipinski definition) is 1. The molecule has 0 aliphatic carbocycles. The first-order valence-corrected chi connectivity index (χ1v) is 8.38. The molecule has 2 rings (SSSR count).